The van der Waals surface area contributed by atoms with Gasteiger partial charge in [0, 0.05) is 5.54 Å². The number of hydrogen-bond donors (Lipinski definition) is 2. The lowest BCUT2D eigenvalue weighted by molar-refractivity contribution is -0.117. The van der Waals surface area contributed by atoms with Gasteiger partial charge in [-0.1, -0.05) is 0 Å². The van der Waals surface area contributed by atoms with Gasteiger partial charge in [-0.25, -0.2) is 4.79 Å². The molecule has 1 fully saturated rings. The van der Waals surface area contributed by atoms with E-state index in [4.69, 9.17) is 11.6 Å². The Morgan fingerprint density at radius 1 is 1.50 bits per heavy atom. The predicted molar refractivity (Wildman–Crippen MR) is 45.0 cm³/mol. The summed E-state index contributed by atoms with van der Waals surface area (Å²) in [6.07, 6.45) is 1.94. The normalized spacial score (nSPS) is 18.2. The zero-order valence-electron chi connectivity index (χ0n) is 6.82. The Balaban J connectivity index is 2.24. The molecule has 0 heterocycles. The first-order chi connectivity index (χ1) is 5.56. The fraction of sp³-hybridized carbons (Fsp3) is 0.714. The van der Waals surface area contributed by atoms with Crippen LogP contribution in [0, 0.1) is 0 Å². The van der Waals surface area contributed by atoms with E-state index in [-0.39, 0.29) is 11.4 Å². The highest BCUT2D eigenvalue weighted by Gasteiger charge is 2.38. The SMILES string of the molecule is CC1(NC(=O)NC(=O)CCl)CC1. The summed E-state index contributed by atoms with van der Waals surface area (Å²) in [6, 6.07) is -0.458. The third-order valence-electron chi connectivity index (χ3n) is 1.79. The molecule has 0 aromatic carbocycles. The number of imide groups is 1. The number of urea groups is 1. The molecule has 1 rings (SSSR count). The standard InChI is InChI=1S/C7H11ClN2O2/c1-7(2-3-7)10-6(12)9-5(11)4-8/h2-4H2,1H3,(H2,9,10,11,12). The summed E-state index contributed by atoms with van der Waals surface area (Å²) >= 11 is 5.19. The van der Waals surface area contributed by atoms with Crippen LogP contribution in [0.25, 0.3) is 0 Å². The first-order valence-corrected chi connectivity index (χ1v) is 4.27. The minimum absolute atomic E-state index is 0.101. The first-order valence-electron chi connectivity index (χ1n) is 3.74. The first kappa shape index (κ1) is 9.32. The summed E-state index contributed by atoms with van der Waals surface area (Å²) in [5.74, 6) is -0.664. The summed E-state index contributed by atoms with van der Waals surface area (Å²) in [5, 5.41) is 4.77. The van der Waals surface area contributed by atoms with E-state index in [1.807, 2.05) is 6.92 Å². The predicted octanol–water partition coefficient (Wildman–Crippen LogP) is 0.603. The highest BCUT2D eigenvalue weighted by Crippen LogP contribution is 2.33. The molecule has 2 N–H and O–H groups in total. The number of nitrogens with one attached hydrogen (secondary N) is 2. The van der Waals surface area contributed by atoms with Crippen LogP contribution in [-0.4, -0.2) is 23.4 Å². The van der Waals surface area contributed by atoms with E-state index in [2.05, 4.69) is 10.6 Å². The zero-order valence-corrected chi connectivity index (χ0v) is 7.57. The Morgan fingerprint density at radius 3 is 2.50 bits per heavy atom. The third kappa shape index (κ3) is 2.70. The van der Waals surface area contributed by atoms with E-state index in [1.165, 1.54) is 0 Å². The molecule has 5 heteroatoms. The van der Waals surface area contributed by atoms with Gasteiger partial charge in [0.1, 0.15) is 5.88 Å². The van der Waals surface area contributed by atoms with Crippen molar-refractivity contribution >= 4 is 23.5 Å². The molecule has 0 aliphatic heterocycles. The maximum atomic E-state index is 11.0. The van der Waals surface area contributed by atoms with Crippen LogP contribution in [0.1, 0.15) is 19.8 Å². The molecule has 0 radical (unpaired) electrons. The number of alkyl halides is 1. The highest BCUT2D eigenvalue weighted by atomic mass is 35.5. The van der Waals surface area contributed by atoms with Gasteiger partial charge in [-0.2, -0.15) is 0 Å². The Kier molecular flexibility index (Phi) is 2.57. The molecule has 0 aromatic heterocycles. The van der Waals surface area contributed by atoms with Crippen LogP contribution >= 0.6 is 11.6 Å². The Labute approximate surface area is 75.6 Å². The van der Waals surface area contributed by atoms with Crippen LogP contribution in [0.2, 0.25) is 0 Å². The van der Waals surface area contributed by atoms with Crippen molar-refractivity contribution < 1.29 is 9.59 Å². The van der Waals surface area contributed by atoms with E-state index in [9.17, 15) is 9.59 Å². The van der Waals surface area contributed by atoms with Crippen molar-refractivity contribution in [2.24, 2.45) is 0 Å². The number of rotatable bonds is 2. The Hall–Kier alpha value is -0.770. The number of hydrogen-bond acceptors (Lipinski definition) is 2. The summed E-state index contributed by atoms with van der Waals surface area (Å²) in [6.45, 7) is 1.93. The van der Waals surface area contributed by atoms with Crippen molar-refractivity contribution in [2.75, 3.05) is 5.88 Å². The van der Waals surface area contributed by atoms with Crippen molar-refractivity contribution in [2.45, 2.75) is 25.3 Å². The molecule has 3 amide bonds. The molecule has 0 saturated heterocycles. The summed E-state index contributed by atoms with van der Waals surface area (Å²) in [5.41, 5.74) is -0.101. The molecule has 68 valence electrons. The molecule has 1 aliphatic rings. The third-order valence-corrected chi connectivity index (χ3v) is 2.03. The molecule has 0 spiro atoms. The lowest BCUT2D eigenvalue weighted by Crippen LogP contribution is -2.45. The molecule has 0 aromatic rings. The highest BCUT2D eigenvalue weighted by molar-refractivity contribution is 6.28. The summed E-state index contributed by atoms with van der Waals surface area (Å²) < 4.78 is 0. The largest absolute Gasteiger partial charge is 0.333 e. The van der Waals surface area contributed by atoms with Crippen LogP contribution in [-0.2, 0) is 4.79 Å². The van der Waals surface area contributed by atoms with E-state index < -0.39 is 11.9 Å². The summed E-state index contributed by atoms with van der Waals surface area (Å²) in [4.78, 5) is 21.6. The number of amides is 3. The molecular formula is C7H11ClN2O2. The van der Waals surface area contributed by atoms with E-state index in [0.29, 0.717) is 0 Å². The smallest absolute Gasteiger partial charge is 0.321 e. The maximum absolute atomic E-state index is 11.0. The van der Waals surface area contributed by atoms with Gasteiger partial charge in [0.2, 0.25) is 5.91 Å². The average molecular weight is 191 g/mol. The lowest BCUT2D eigenvalue weighted by atomic mass is 10.3. The zero-order chi connectivity index (χ0) is 9.19. The Bertz CT molecular complexity index is 213. The van der Waals surface area contributed by atoms with Gasteiger partial charge in [-0.15, -0.1) is 11.6 Å². The quantitative estimate of drug-likeness (QED) is 0.627. The van der Waals surface area contributed by atoms with Crippen molar-refractivity contribution in [1.82, 2.24) is 10.6 Å². The second-order valence-corrected chi connectivity index (χ2v) is 3.46. The second kappa shape index (κ2) is 3.31. The van der Waals surface area contributed by atoms with Crippen LogP contribution in [0.15, 0.2) is 0 Å². The number of carbonyl (C=O) groups is 2. The van der Waals surface area contributed by atoms with Gasteiger partial charge >= 0.3 is 6.03 Å². The topological polar surface area (TPSA) is 58.2 Å². The van der Waals surface area contributed by atoms with E-state index >= 15 is 0 Å². The molecule has 0 unspecified atom stereocenters. The van der Waals surface area contributed by atoms with Crippen molar-refractivity contribution in [1.29, 1.82) is 0 Å². The summed E-state index contributed by atoms with van der Waals surface area (Å²) in [7, 11) is 0. The van der Waals surface area contributed by atoms with Crippen molar-refractivity contribution in [3.05, 3.63) is 0 Å². The van der Waals surface area contributed by atoms with Crippen molar-refractivity contribution in [3.63, 3.8) is 0 Å². The van der Waals surface area contributed by atoms with Gasteiger partial charge in [0.15, 0.2) is 0 Å². The van der Waals surface area contributed by atoms with Crippen LogP contribution < -0.4 is 10.6 Å². The van der Waals surface area contributed by atoms with E-state index in [0.717, 1.165) is 12.8 Å². The molecule has 1 saturated carbocycles. The van der Waals surface area contributed by atoms with Crippen molar-refractivity contribution in [3.8, 4) is 0 Å². The average Bonchev–Trinajstić information content (AvgIpc) is 2.67. The van der Waals surface area contributed by atoms with Crippen LogP contribution in [0.3, 0.4) is 0 Å². The molecule has 1 aliphatic carbocycles. The fourth-order valence-corrected chi connectivity index (χ4v) is 0.845. The Morgan fingerprint density at radius 2 is 2.08 bits per heavy atom. The monoisotopic (exact) mass is 190 g/mol. The maximum Gasteiger partial charge on any atom is 0.321 e. The van der Waals surface area contributed by atoms with Gasteiger partial charge < -0.3 is 5.32 Å². The minimum atomic E-state index is -0.474. The number of carbonyl (C=O) groups excluding carboxylic acids is 2. The van der Waals surface area contributed by atoms with Gasteiger partial charge in [0.05, 0.1) is 0 Å². The van der Waals surface area contributed by atoms with Gasteiger partial charge in [-0.05, 0) is 19.8 Å². The lowest BCUT2D eigenvalue weighted by Gasteiger charge is -2.10. The van der Waals surface area contributed by atoms with E-state index in [1.54, 1.807) is 0 Å². The number of halogens is 1. The molecule has 4 nitrogen and oxygen atoms in total. The minimum Gasteiger partial charge on any atom is -0.333 e. The van der Waals surface area contributed by atoms with Gasteiger partial charge in [0.25, 0.3) is 0 Å². The van der Waals surface area contributed by atoms with Crippen LogP contribution in [0.4, 0.5) is 4.79 Å². The molecular weight excluding hydrogens is 180 g/mol. The molecule has 0 bridgehead atoms. The van der Waals surface area contributed by atoms with Crippen LogP contribution in [0.5, 0.6) is 0 Å². The van der Waals surface area contributed by atoms with Gasteiger partial charge in [-0.3, -0.25) is 10.1 Å². The molecule has 0 atom stereocenters. The molecule has 12 heavy (non-hydrogen) atoms. The second-order valence-electron chi connectivity index (χ2n) is 3.20. The fourth-order valence-electron chi connectivity index (χ4n) is 0.778.